The molecule has 0 unspecified atom stereocenters. The van der Waals surface area contributed by atoms with Gasteiger partial charge >= 0.3 is 0 Å². The van der Waals surface area contributed by atoms with Gasteiger partial charge in [-0.05, 0) is 45.2 Å². The van der Waals surface area contributed by atoms with E-state index >= 15 is 0 Å². The molecule has 5 heteroatoms. The van der Waals surface area contributed by atoms with E-state index in [1.807, 2.05) is 6.92 Å². The largest absolute Gasteiger partial charge is 0.354 e. The molecule has 0 aromatic rings. The number of nitrogens with one attached hydrogen (secondary N) is 3. The van der Waals surface area contributed by atoms with Crippen molar-refractivity contribution in [2.24, 2.45) is 5.92 Å². The van der Waals surface area contributed by atoms with Crippen LogP contribution in [0.3, 0.4) is 0 Å². The molecule has 2 aliphatic rings. The number of hydrogen-bond donors (Lipinski definition) is 3. The van der Waals surface area contributed by atoms with E-state index in [2.05, 4.69) is 16.0 Å². The predicted octanol–water partition coefficient (Wildman–Crippen LogP) is 1.33. The molecule has 1 heterocycles. The summed E-state index contributed by atoms with van der Waals surface area (Å²) in [4.78, 5) is 25.1. The van der Waals surface area contributed by atoms with Gasteiger partial charge in [0.15, 0.2) is 0 Å². The molecule has 1 aliphatic carbocycles. The van der Waals surface area contributed by atoms with E-state index in [9.17, 15) is 9.59 Å². The highest BCUT2D eigenvalue weighted by Crippen LogP contribution is 2.29. The van der Waals surface area contributed by atoms with Gasteiger partial charge in [-0.3, -0.25) is 9.59 Å². The Hall–Kier alpha value is -1.10. The molecule has 0 radical (unpaired) electrons. The molecule has 0 aromatic heterocycles. The van der Waals surface area contributed by atoms with Crippen LogP contribution in [0.15, 0.2) is 0 Å². The zero-order chi connectivity index (χ0) is 15.1. The molecule has 120 valence electrons. The first kappa shape index (κ1) is 16.3. The van der Waals surface area contributed by atoms with Crippen molar-refractivity contribution in [2.45, 2.75) is 63.8 Å². The van der Waals surface area contributed by atoms with Crippen LogP contribution < -0.4 is 16.0 Å². The van der Waals surface area contributed by atoms with Gasteiger partial charge in [0.1, 0.15) is 5.54 Å². The lowest BCUT2D eigenvalue weighted by molar-refractivity contribution is -0.137. The first-order chi connectivity index (χ1) is 10.2. The second kappa shape index (κ2) is 7.78. The third-order valence-corrected chi connectivity index (χ3v) is 4.75. The maximum atomic E-state index is 12.6. The van der Waals surface area contributed by atoms with Gasteiger partial charge in [0.25, 0.3) is 0 Å². The average molecular weight is 295 g/mol. The van der Waals surface area contributed by atoms with E-state index in [1.54, 1.807) is 0 Å². The molecule has 0 bridgehead atoms. The van der Waals surface area contributed by atoms with Crippen LogP contribution in [-0.2, 0) is 9.59 Å². The maximum Gasteiger partial charge on any atom is 0.245 e. The lowest BCUT2D eigenvalue weighted by atomic mass is 9.80. The molecule has 1 saturated heterocycles. The van der Waals surface area contributed by atoms with Crippen molar-refractivity contribution >= 4 is 11.8 Å². The summed E-state index contributed by atoms with van der Waals surface area (Å²) >= 11 is 0. The number of amides is 2. The smallest absolute Gasteiger partial charge is 0.245 e. The summed E-state index contributed by atoms with van der Waals surface area (Å²) in [7, 11) is 0. The monoisotopic (exact) mass is 295 g/mol. The minimum absolute atomic E-state index is 0.0198. The minimum atomic E-state index is -0.657. The molecule has 0 spiro atoms. The number of piperidine rings is 1. The molecule has 0 atom stereocenters. The molecule has 1 saturated carbocycles. The van der Waals surface area contributed by atoms with Crippen molar-refractivity contribution in [1.82, 2.24) is 16.0 Å². The van der Waals surface area contributed by atoms with Crippen molar-refractivity contribution < 1.29 is 9.59 Å². The van der Waals surface area contributed by atoms with Crippen LogP contribution in [0.2, 0.25) is 0 Å². The summed E-state index contributed by atoms with van der Waals surface area (Å²) in [6.07, 6.45) is 7.42. The van der Waals surface area contributed by atoms with Gasteiger partial charge in [0, 0.05) is 12.5 Å². The standard InChI is InChI=1S/C16H29N3O2/c1-2-10-18-15(21)16(8-4-3-5-9-16)19-14(20)13-6-11-17-12-7-13/h13,17H,2-12H2,1H3,(H,18,21)(H,19,20). The lowest BCUT2D eigenvalue weighted by Gasteiger charge is -2.38. The molecule has 0 aromatic carbocycles. The third kappa shape index (κ3) is 4.19. The van der Waals surface area contributed by atoms with E-state index in [-0.39, 0.29) is 17.7 Å². The van der Waals surface area contributed by atoms with Crippen molar-refractivity contribution in [2.75, 3.05) is 19.6 Å². The maximum absolute atomic E-state index is 12.6. The van der Waals surface area contributed by atoms with E-state index in [1.165, 1.54) is 0 Å². The van der Waals surface area contributed by atoms with Crippen molar-refractivity contribution in [3.8, 4) is 0 Å². The summed E-state index contributed by atoms with van der Waals surface area (Å²) in [6.45, 7) is 4.52. The molecule has 2 fully saturated rings. The second-order valence-corrected chi connectivity index (χ2v) is 6.41. The molecule has 2 amide bonds. The summed E-state index contributed by atoms with van der Waals surface area (Å²) in [6, 6.07) is 0. The van der Waals surface area contributed by atoms with E-state index in [4.69, 9.17) is 0 Å². The van der Waals surface area contributed by atoms with Crippen LogP contribution in [0, 0.1) is 5.92 Å². The highest BCUT2D eigenvalue weighted by Gasteiger charge is 2.41. The first-order valence-corrected chi connectivity index (χ1v) is 8.49. The van der Waals surface area contributed by atoms with E-state index in [0.29, 0.717) is 6.54 Å². The third-order valence-electron chi connectivity index (χ3n) is 4.75. The second-order valence-electron chi connectivity index (χ2n) is 6.41. The van der Waals surface area contributed by atoms with Crippen molar-refractivity contribution in [1.29, 1.82) is 0 Å². The predicted molar refractivity (Wildman–Crippen MR) is 82.9 cm³/mol. The first-order valence-electron chi connectivity index (χ1n) is 8.49. The van der Waals surface area contributed by atoms with Gasteiger partial charge in [0.2, 0.25) is 11.8 Å². The van der Waals surface area contributed by atoms with Gasteiger partial charge in [-0.1, -0.05) is 26.2 Å². The minimum Gasteiger partial charge on any atom is -0.354 e. The lowest BCUT2D eigenvalue weighted by Crippen LogP contribution is -2.61. The Kier molecular flexibility index (Phi) is 6.03. The van der Waals surface area contributed by atoms with Gasteiger partial charge in [0.05, 0.1) is 0 Å². The fourth-order valence-corrected chi connectivity index (χ4v) is 3.39. The van der Waals surface area contributed by atoms with Gasteiger partial charge < -0.3 is 16.0 Å². The van der Waals surface area contributed by atoms with E-state index in [0.717, 1.165) is 64.5 Å². The number of carbonyl (C=O) groups excluding carboxylic acids is 2. The van der Waals surface area contributed by atoms with E-state index < -0.39 is 5.54 Å². The Labute approximate surface area is 127 Å². The molecule has 1 aliphatic heterocycles. The number of carbonyl (C=O) groups is 2. The molecule has 21 heavy (non-hydrogen) atoms. The van der Waals surface area contributed by atoms with Crippen molar-refractivity contribution in [3.63, 3.8) is 0 Å². The molecular formula is C16H29N3O2. The molecule has 3 N–H and O–H groups in total. The van der Waals surface area contributed by atoms with Crippen molar-refractivity contribution in [3.05, 3.63) is 0 Å². The van der Waals surface area contributed by atoms with Crippen LogP contribution in [0.4, 0.5) is 0 Å². The Morgan fingerprint density at radius 1 is 1.14 bits per heavy atom. The van der Waals surface area contributed by atoms with Gasteiger partial charge in [-0.25, -0.2) is 0 Å². The Balaban J connectivity index is 2.01. The average Bonchev–Trinajstić information content (AvgIpc) is 2.54. The normalized spacial score (nSPS) is 22.5. The molecule has 2 rings (SSSR count). The highest BCUT2D eigenvalue weighted by atomic mass is 16.2. The summed E-state index contributed by atoms with van der Waals surface area (Å²) in [5.41, 5.74) is -0.657. The van der Waals surface area contributed by atoms with Crippen LogP contribution >= 0.6 is 0 Å². The summed E-state index contributed by atoms with van der Waals surface area (Å²) in [5.74, 6) is 0.153. The zero-order valence-corrected chi connectivity index (χ0v) is 13.2. The van der Waals surface area contributed by atoms with Crippen LogP contribution in [0.5, 0.6) is 0 Å². The van der Waals surface area contributed by atoms with Gasteiger partial charge in [-0.2, -0.15) is 0 Å². The Morgan fingerprint density at radius 2 is 1.81 bits per heavy atom. The number of rotatable bonds is 5. The summed E-state index contributed by atoms with van der Waals surface area (Å²) < 4.78 is 0. The number of hydrogen-bond acceptors (Lipinski definition) is 3. The van der Waals surface area contributed by atoms with Crippen LogP contribution in [-0.4, -0.2) is 37.0 Å². The Bertz CT molecular complexity index is 359. The fraction of sp³-hybridized carbons (Fsp3) is 0.875. The highest BCUT2D eigenvalue weighted by molar-refractivity contribution is 5.92. The molecular weight excluding hydrogens is 266 g/mol. The van der Waals surface area contributed by atoms with Crippen LogP contribution in [0.25, 0.3) is 0 Å². The summed E-state index contributed by atoms with van der Waals surface area (Å²) in [5, 5.41) is 9.39. The van der Waals surface area contributed by atoms with Gasteiger partial charge in [-0.15, -0.1) is 0 Å². The SMILES string of the molecule is CCCNC(=O)C1(NC(=O)C2CCNCC2)CCCCC1. The Morgan fingerprint density at radius 3 is 2.43 bits per heavy atom. The van der Waals surface area contributed by atoms with Crippen LogP contribution in [0.1, 0.15) is 58.3 Å². The zero-order valence-electron chi connectivity index (χ0n) is 13.2. The quantitative estimate of drug-likeness (QED) is 0.716. The molecule has 5 nitrogen and oxygen atoms in total. The topological polar surface area (TPSA) is 70.2 Å². The fourth-order valence-electron chi connectivity index (χ4n) is 3.39.